The zero-order chi connectivity index (χ0) is 21.3. The summed E-state index contributed by atoms with van der Waals surface area (Å²) in [5.74, 6) is -1.10. The van der Waals surface area contributed by atoms with Gasteiger partial charge in [0.2, 0.25) is 11.8 Å². The molecule has 3 amide bonds. The normalized spacial score (nSPS) is 19.5. The van der Waals surface area contributed by atoms with Gasteiger partial charge in [-0.2, -0.15) is 0 Å². The number of piperazine rings is 1. The van der Waals surface area contributed by atoms with Crippen LogP contribution in [-0.4, -0.2) is 64.6 Å². The minimum Gasteiger partial charge on any atom is -0.337 e. The van der Waals surface area contributed by atoms with Crippen molar-refractivity contribution in [1.82, 2.24) is 14.7 Å². The Hall–Kier alpha value is -2.93. The Morgan fingerprint density at radius 1 is 1.07 bits per heavy atom. The highest BCUT2D eigenvalue weighted by Crippen LogP contribution is 2.23. The SMILES string of the molecule is O=C(c1ccc(F)c(Cl)c1)N1CCC2C(=O)N(Cc3ccccc3)CC(=O)N2CC1. The van der Waals surface area contributed by atoms with Crippen LogP contribution in [0.3, 0.4) is 0 Å². The lowest BCUT2D eigenvalue weighted by atomic mass is 10.1. The van der Waals surface area contributed by atoms with Gasteiger partial charge in [0.25, 0.3) is 5.91 Å². The zero-order valence-corrected chi connectivity index (χ0v) is 17.0. The average Bonchev–Trinajstić information content (AvgIpc) is 2.98. The van der Waals surface area contributed by atoms with Gasteiger partial charge in [0.15, 0.2) is 0 Å². The van der Waals surface area contributed by atoms with Crippen molar-refractivity contribution in [3.8, 4) is 0 Å². The van der Waals surface area contributed by atoms with E-state index >= 15 is 0 Å². The molecular weight excluding hydrogens is 409 g/mol. The molecule has 2 aliphatic heterocycles. The van der Waals surface area contributed by atoms with Gasteiger partial charge in [-0.25, -0.2) is 4.39 Å². The summed E-state index contributed by atoms with van der Waals surface area (Å²) in [6.45, 7) is 1.34. The molecule has 2 saturated heterocycles. The van der Waals surface area contributed by atoms with E-state index in [2.05, 4.69) is 0 Å². The van der Waals surface area contributed by atoms with Gasteiger partial charge >= 0.3 is 0 Å². The fourth-order valence-electron chi connectivity index (χ4n) is 3.98. The van der Waals surface area contributed by atoms with Gasteiger partial charge in [0.1, 0.15) is 18.4 Å². The maximum Gasteiger partial charge on any atom is 0.253 e. The van der Waals surface area contributed by atoms with Crippen LogP contribution in [0, 0.1) is 5.82 Å². The lowest BCUT2D eigenvalue weighted by Crippen LogP contribution is -2.59. The third-order valence-electron chi connectivity index (χ3n) is 5.57. The van der Waals surface area contributed by atoms with Gasteiger partial charge in [0.05, 0.1) is 5.02 Å². The molecular formula is C22H21ClFN3O3. The smallest absolute Gasteiger partial charge is 0.253 e. The van der Waals surface area contributed by atoms with Crippen LogP contribution in [0.5, 0.6) is 0 Å². The van der Waals surface area contributed by atoms with E-state index in [1.807, 2.05) is 30.3 Å². The maximum absolute atomic E-state index is 13.4. The van der Waals surface area contributed by atoms with Crippen LogP contribution in [0.15, 0.2) is 48.5 Å². The number of halogens is 2. The summed E-state index contributed by atoms with van der Waals surface area (Å²) in [4.78, 5) is 43.4. The van der Waals surface area contributed by atoms with Crippen LogP contribution in [0.1, 0.15) is 22.3 Å². The number of hydrogen-bond donors (Lipinski definition) is 0. The van der Waals surface area contributed by atoms with Crippen LogP contribution in [0.2, 0.25) is 5.02 Å². The van der Waals surface area contributed by atoms with E-state index in [0.717, 1.165) is 11.6 Å². The van der Waals surface area contributed by atoms with Crippen molar-refractivity contribution in [2.24, 2.45) is 0 Å². The predicted molar refractivity (Wildman–Crippen MR) is 109 cm³/mol. The Kier molecular flexibility index (Phi) is 5.72. The maximum atomic E-state index is 13.4. The molecule has 156 valence electrons. The van der Waals surface area contributed by atoms with E-state index in [0.29, 0.717) is 26.1 Å². The number of rotatable bonds is 3. The fraction of sp³-hybridized carbons (Fsp3) is 0.318. The van der Waals surface area contributed by atoms with Crippen LogP contribution in [-0.2, 0) is 16.1 Å². The Balaban J connectivity index is 1.48. The van der Waals surface area contributed by atoms with Gasteiger partial charge in [-0.3, -0.25) is 14.4 Å². The number of amides is 3. The summed E-state index contributed by atoms with van der Waals surface area (Å²) in [5, 5.41) is -0.116. The highest BCUT2D eigenvalue weighted by atomic mass is 35.5. The predicted octanol–water partition coefficient (Wildman–Crippen LogP) is 2.56. The van der Waals surface area contributed by atoms with Gasteiger partial charge < -0.3 is 14.7 Å². The molecule has 2 fully saturated rings. The number of nitrogens with zero attached hydrogens (tertiary/aromatic N) is 3. The van der Waals surface area contributed by atoms with Gasteiger partial charge in [-0.05, 0) is 30.2 Å². The number of carbonyl (C=O) groups excluding carboxylic acids is 3. The summed E-state index contributed by atoms with van der Waals surface area (Å²) in [5.41, 5.74) is 1.25. The molecule has 4 rings (SSSR count). The summed E-state index contributed by atoms with van der Waals surface area (Å²) in [7, 11) is 0. The summed E-state index contributed by atoms with van der Waals surface area (Å²) in [6.07, 6.45) is 0.358. The van der Waals surface area contributed by atoms with E-state index in [1.165, 1.54) is 12.1 Å². The first-order valence-electron chi connectivity index (χ1n) is 9.80. The first-order valence-corrected chi connectivity index (χ1v) is 10.2. The molecule has 30 heavy (non-hydrogen) atoms. The zero-order valence-electron chi connectivity index (χ0n) is 16.3. The van der Waals surface area contributed by atoms with Crippen molar-refractivity contribution in [3.63, 3.8) is 0 Å². The second-order valence-electron chi connectivity index (χ2n) is 7.49. The topological polar surface area (TPSA) is 60.9 Å². The number of benzene rings is 2. The highest BCUT2D eigenvalue weighted by Gasteiger charge is 2.41. The molecule has 0 spiro atoms. The molecule has 0 N–H and O–H groups in total. The van der Waals surface area contributed by atoms with E-state index in [4.69, 9.17) is 11.6 Å². The highest BCUT2D eigenvalue weighted by molar-refractivity contribution is 6.31. The Morgan fingerprint density at radius 3 is 2.57 bits per heavy atom. The molecule has 0 bridgehead atoms. The fourth-order valence-corrected chi connectivity index (χ4v) is 4.16. The van der Waals surface area contributed by atoms with Crippen LogP contribution in [0.25, 0.3) is 0 Å². The molecule has 8 heteroatoms. The largest absolute Gasteiger partial charge is 0.337 e. The van der Waals surface area contributed by atoms with E-state index < -0.39 is 11.9 Å². The summed E-state index contributed by atoms with van der Waals surface area (Å²) < 4.78 is 13.4. The third kappa shape index (κ3) is 4.03. The van der Waals surface area contributed by atoms with Gasteiger partial charge in [0, 0.05) is 31.7 Å². The number of fused-ring (bicyclic) bond motifs is 1. The van der Waals surface area contributed by atoms with Gasteiger partial charge in [-0.15, -0.1) is 0 Å². The van der Waals surface area contributed by atoms with Crippen LogP contribution < -0.4 is 0 Å². The van der Waals surface area contributed by atoms with E-state index in [9.17, 15) is 18.8 Å². The quantitative estimate of drug-likeness (QED) is 0.753. The minimum atomic E-state index is -0.587. The molecule has 0 saturated carbocycles. The molecule has 1 atom stereocenters. The molecule has 2 heterocycles. The average molecular weight is 430 g/mol. The van der Waals surface area contributed by atoms with E-state index in [1.54, 1.807) is 14.7 Å². The van der Waals surface area contributed by atoms with Gasteiger partial charge in [-0.1, -0.05) is 41.9 Å². The first-order chi connectivity index (χ1) is 14.4. The van der Waals surface area contributed by atoms with Crippen molar-refractivity contribution in [2.45, 2.75) is 19.0 Å². The first kappa shape index (κ1) is 20.3. The number of hydrogen-bond acceptors (Lipinski definition) is 3. The molecule has 0 radical (unpaired) electrons. The Bertz CT molecular complexity index is 985. The molecule has 2 aromatic rings. The minimum absolute atomic E-state index is 0.0335. The molecule has 2 aromatic carbocycles. The second kappa shape index (κ2) is 8.44. The Morgan fingerprint density at radius 2 is 1.83 bits per heavy atom. The summed E-state index contributed by atoms with van der Waals surface area (Å²) >= 11 is 5.80. The molecule has 0 aromatic heterocycles. The lowest BCUT2D eigenvalue weighted by Gasteiger charge is -2.39. The van der Waals surface area contributed by atoms with Crippen LogP contribution >= 0.6 is 11.6 Å². The standard InChI is InChI=1S/C22H21ClFN3O3/c23-17-12-16(6-7-18(17)24)21(29)25-9-8-19-22(30)26(13-15-4-2-1-3-5-15)14-20(28)27(19)11-10-25/h1-7,12,19H,8-11,13-14H2. The van der Waals surface area contributed by atoms with Crippen LogP contribution in [0.4, 0.5) is 4.39 Å². The number of carbonyl (C=O) groups is 3. The molecule has 1 unspecified atom stereocenters. The van der Waals surface area contributed by atoms with Crippen molar-refractivity contribution < 1.29 is 18.8 Å². The van der Waals surface area contributed by atoms with Crippen molar-refractivity contribution in [2.75, 3.05) is 26.2 Å². The van der Waals surface area contributed by atoms with E-state index in [-0.39, 0.29) is 41.4 Å². The summed E-state index contributed by atoms with van der Waals surface area (Å²) in [6, 6.07) is 12.8. The second-order valence-corrected chi connectivity index (χ2v) is 7.90. The Labute approximate surface area is 178 Å². The molecule has 6 nitrogen and oxygen atoms in total. The molecule has 2 aliphatic rings. The lowest BCUT2D eigenvalue weighted by molar-refractivity contribution is -0.156. The van der Waals surface area contributed by atoms with Crippen molar-refractivity contribution in [1.29, 1.82) is 0 Å². The van der Waals surface area contributed by atoms with Crippen molar-refractivity contribution in [3.05, 3.63) is 70.5 Å². The monoisotopic (exact) mass is 429 g/mol. The molecule has 0 aliphatic carbocycles. The third-order valence-corrected chi connectivity index (χ3v) is 5.86. The van der Waals surface area contributed by atoms with Crippen molar-refractivity contribution >= 4 is 29.3 Å².